The SMILES string of the molecule is CC(NC(=O)c1cc(-c2n[nH]c3ncc(-c4ccccc4)cc23)c[nH]1)c1cccc(Cl)c1. The average Bonchev–Trinajstić information content (AvgIpc) is 3.46. The van der Waals surface area contributed by atoms with Crippen LogP contribution in [0.2, 0.25) is 5.02 Å². The van der Waals surface area contributed by atoms with Crippen molar-refractivity contribution in [1.29, 1.82) is 0 Å². The third-order valence-electron chi connectivity index (χ3n) is 5.42. The predicted octanol–water partition coefficient (Wildman–Crippen LogP) is 5.76. The van der Waals surface area contributed by atoms with Gasteiger partial charge in [-0.05, 0) is 42.3 Å². The molecular weight excluding hydrogens is 422 g/mol. The van der Waals surface area contributed by atoms with Crippen LogP contribution < -0.4 is 5.32 Å². The summed E-state index contributed by atoms with van der Waals surface area (Å²) in [5.74, 6) is -0.202. The molecule has 3 N–H and O–H groups in total. The lowest BCUT2D eigenvalue weighted by atomic mass is 10.1. The molecule has 3 heterocycles. The minimum Gasteiger partial charge on any atom is -0.357 e. The zero-order valence-electron chi connectivity index (χ0n) is 17.3. The Morgan fingerprint density at radius 2 is 1.84 bits per heavy atom. The van der Waals surface area contributed by atoms with E-state index in [1.165, 1.54) is 0 Å². The van der Waals surface area contributed by atoms with E-state index < -0.39 is 0 Å². The van der Waals surface area contributed by atoms with Crippen LogP contribution in [0.1, 0.15) is 29.0 Å². The first-order chi connectivity index (χ1) is 15.6. The van der Waals surface area contributed by atoms with Crippen molar-refractivity contribution in [3.63, 3.8) is 0 Å². The summed E-state index contributed by atoms with van der Waals surface area (Å²) < 4.78 is 0. The minimum absolute atomic E-state index is 0.184. The van der Waals surface area contributed by atoms with E-state index in [4.69, 9.17) is 11.6 Å². The third-order valence-corrected chi connectivity index (χ3v) is 5.66. The molecule has 0 aliphatic rings. The Labute approximate surface area is 189 Å². The van der Waals surface area contributed by atoms with Crippen LogP contribution in [0.25, 0.3) is 33.4 Å². The number of H-pyrrole nitrogens is 2. The van der Waals surface area contributed by atoms with Gasteiger partial charge >= 0.3 is 0 Å². The van der Waals surface area contributed by atoms with Gasteiger partial charge in [0.15, 0.2) is 5.65 Å². The van der Waals surface area contributed by atoms with Gasteiger partial charge in [0.2, 0.25) is 0 Å². The van der Waals surface area contributed by atoms with E-state index in [0.29, 0.717) is 16.4 Å². The van der Waals surface area contributed by atoms with Gasteiger partial charge in [0.05, 0.1) is 6.04 Å². The number of hydrogen-bond acceptors (Lipinski definition) is 3. The number of aromatic nitrogens is 4. The van der Waals surface area contributed by atoms with Crippen LogP contribution in [0.15, 0.2) is 79.1 Å². The molecule has 0 bridgehead atoms. The molecule has 3 aromatic heterocycles. The Balaban J connectivity index is 1.41. The minimum atomic E-state index is -0.202. The Kier molecular flexibility index (Phi) is 5.21. The lowest BCUT2D eigenvalue weighted by Gasteiger charge is -2.14. The molecule has 0 fully saturated rings. The molecule has 0 aliphatic carbocycles. The third kappa shape index (κ3) is 3.88. The van der Waals surface area contributed by atoms with E-state index in [0.717, 1.165) is 33.3 Å². The maximum atomic E-state index is 12.8. The summed E-state index contributed by atoms with van der Waals surface area (Å²) in [4.78, 5) is 20.4. The highest BCUT2D eigenvalue weighted by atomic mass is 35.5. The molecule has 6 nitrogen and oxygen atoms in total. The van der Waals surface area contributed by atoms with Gasteiger partial charge < -0.3 is 10.3 Å². The monoisotopic (exact) mass is 441 g/mol. The van der Waals surface area contributed by atoms with Crippen molar-refractivity contribution in [3.05, 3.63) is 95.4 Å². The Morgan fingerprint density at radius 1 is 1.00 bits per heavy atom. The first-order valence-corrected chi connectivity index (χ1v) is 10.6. The maximum Gasteiger partial charge on any atom is 0.268 e. The highest BCUT2D eigenvalue weighted by Gasteiger charge is 2.17. The molecule has 5 rings (SSSR count). The van der Waals surface area contributed by atoms with Crippen LogP contribution in [0.5, 0.6) is 0 Å². The van der Waals surface area contributed by atoms with Crippen molar-refractivity contribution in [1.82, 2.24) is 25.5 Å². The second-order valence-electron chi connectivity index (χ2n) is 7.61. The van der Waals surface area contributed by atoms with Gasteiger partial charge in [-0.15, -0.1) is 0 Å². The Hall–Kier alpha value is -3.90. The van der Waals surface area contributed by atoms with E-state index in [1.807, 2.05) is 67.7 Å². The molecular formula is C25H20ClN5O. The number of halogens is 1. The van der Waals surface area contributed by atoms with E-state index in [-0.39, 0.29) is 11.9 Å². The zero-order chi connectivity index (χ0) is 22.1. The topological polar surface area (TPSA) is 86.5 Å². The predicted molar refractivity (Wildman–Crippen MR) is 126 cm³/mol. The van der Waals surface area contributed by atoms with Gasteiger partial charge in [0, 0.05) is 33.9 Å². The largest absolute Gasteiger partial charge is 0.357 e. The van der Waals surface area contributed by atoms with Crippen LogP contribution in [0.3, 0.4) is 0 Å². The van der Waals surface area contributed by atoms with E-state index >= 15 is 0 Å². The number of nitrogens with zero attached hydrogens (tertiary/aromatic N) is 2. The number of rotatable bonds is 5. The smallest absolute Gasteiger partial charge is 0.268 e. The summed E-state index contributed by atoms with van der Waals surface area (Å²) in [7, 11) is 0. The fourth-order valence-corrected chi connectivity index (χ4v) is 3.91. The van der Waals surface area contributed by atoms with Crippen LogP contribution in [-0.4, -0.2) is 26.1 Å². The van der Waals surface area contributed by atoms with E-state index in [1.54, 1.807) is 12.3 Å². The van der Waals surface area contributed by atoms with Crippen molar-refractivity contribution in [2.24, 2.45) is 0 Å². The van der Waals surface area contributed by atoms with Crippen LogP contribution >= 0.6 is 11.6 Å². The molecule has 0 saturated heterocycles. The van der Waals surface area contributed by atoms with Crippen LogP contribution in [0, 0.1) is 0 Å². The van der Waals surface area contributed by atoms with Gasteiger partial charge in [-0.1, -0.05) is 54.1 Å². The molecule has 7 heteroatoms. The highest BCUT2D eigenvalue weighted by Crippen LogP contribution is 2.29. The van der Waals surface area contributed by atoms with Crippen molar-refractivity contribution >= 4 is 28.5 Å². The summed E-state index contributed by atoms with van der Waals surface area (Å²) in [6, 6.07) is 21.2. The molecule has 1 unspecified atom stereocenters. The summed E-state index contributed by atoms with van der Waals surface area (Å²) in [6.45, 7) is 1.92. The van der Waals surface area contributed by atoms with Crippen molar-refractivity contribution in [2.45, 2.75) is 13.0 Å². The average molecular weight is 442 g/mol. The summed E-state index contributed by atoms with van der Waals surface area (Å²) in [5.41, 5.74) is 5.73. The molecule has 32 heavy (non-hydrogen) atoms. The van der Waals surface area contributed by atoms with Crippen molar-refractivity contribution in [2.75, 3.05) is 0 Å². The molecule has 0 saturated carbocycles. The summed E-state index contributed by atoms with van der Waals surface area (Å²) >= 11 is 6.07. The molecule has 0 aliphatic heterocycles. The normalized spacial score (nSPS) is 12.1. The Bertz CT molecular complexity index is 1410. The molecule has 158 valence electrons. The number of aromatic amines is 2. The quantitative estimate of drug-likeness (QED) is 0.324. The molecule has 2 aromatic carbocycles. The first kappa shape index (κ1) is 20.0. The van der Waals surface area contributed by atoms with Gasteiger partial charge in [0.1, 0.15) is 11.4 Å². The molecule has 0 spiro atoms. The zero-order valence-corrected chi connectivity index (χ0v) is 18.0. The van der Waals surface area contributed by atoms with Crippen LogP contribution in [-0.2, 0) is 0 Å². The number of benzene rings is 2. The highest BCUT2D eigenvalue weighted by molar-refractivity contribution is 6.30. The molecule has 5 aromatic rings. The lowest BCUT2D eigenvalue weighted by molar-refractivity contribution is 0.0935. The molecule has 1 amide bonds. The Morgan fingerprint density at radius 3 is 2.66 bits per heavy atom. The van der Waals surface area contributed by atoms with Gasteiger partial charge in [0.25, 0.3) is 5.91 Å². The summed E-state index contributed by atoms with van der Waals surface area (Å²) in [5, 5.41) is 11.9. The molecule has 1 atom stereocenters. The number of carbonyl (C=O) groups excluding carboxylic acids is 1. The number of nitrogens with one attached hydrogen (secondary N) is 3. The van der Waals surface area contributed by atoms with Crippen molar-refractivity contribution in [3.8, 4) is 22.4 Å². The number of amides is 1. The fraction of sp³-hybridized carbons (Fsp3) is 0.0800. The van der Waals surface area contributed by atoms with E-state index in [2.05, 4.69) is 31.5 Å². The second-order valence-corrected chi connectivity index (χ2v) is 8.05. The second kappa shape index (κ2) is 8.32. The number of fused-ring (bicyclic) bond motifs is 1. The number of hydrogen-bond donors (Lipinski definition) is 3. The lowest BCUT2D eigenvalue weighted by Crippen LogP contribution is -2.26. The van der Waals surface area contributed by atoms with Gasteiger partial charge in [-0.3, -0.25) is 9.89 Å². The van der Waals surface area contributed by atoms with Crippen LogP contribution in [0.4, 0.5) is 0 Å². The van der Waals surface area contributed by atoms with E-state index in [9.17, 15) is 4.79 Å². The fourth-order valence-electron chi connectivity index (χ4n) is 3.71. The number of carbonyl (C=O) groups is 1. The van der Waals surface area contributed by atoms with Gasteiger partial charge in [-0.2, -0.15) is 5.10 Å². The number of pyridine rings is 1. The molecule has 0 radical (unpaired) electrons. The van der Waals surface area contributed by atoms with Crippen molar-refractivity contribution < 1.29 is 4.79 Å². The first-order valence-electron chi connectivity index (χ1n) is 10.2. The summed E-state index contributed by atoms with van der Waals surface area (Å²) in [6.07, 6.45) is 3.61. The van der Waals surface area contributed by atoms with Gasteiger partial charge in [-0.25, -0.2) is 4.98 Å². The standard InChI is InChI=1S/C25H20ClN5O/c1-15(17-8-5-9-20(26)10-17)29-25(32)22-12-19(14-27-22)23-21-11-18(13-28-24(21)31-30-23)16-6-3-2-4-7-16/h2-15,27H,1H3,(H,29,32)(H,28,30,31). The maximum absolute atomic E-state index is 12.8.